The van der Waals surface area contributed by atoms with Crippen molar-refractivity contribution in [1.82, 2.24) is 0 Å². The van der Waals surface area contributed by atoms with Gasteiger partial charge in [0.2, 0.25) is 5.91 Å². The molecule has 0 bridgehead atoms. The molecule has 1 amide bonds. The molecule has 2 heteroatoms. The first-order valence-electron chi connectivity index (χ1n) is 6.25. The molecule has 19 heavy (non-hydrogen) atoms. The van der Waals surface area contributed by atoms with Crippen LogP contribution in [0.25, 0.3) is 5.57 Å². The topological polar surface area (TPSA) is 29.1 Å². The van der Waals surface area contributed by atoms with Gasteiger partial charge in [-0.3, -0.25) is 4.79 Å². The molecule has 0 unspecified atom stereocenters. The standard InChI is InChI=1S/C17H17NO/c1-13(2)15-10-8-14(9-11-15)12-17(19)18-16-6-4-3-5-7-16/h3-11H,1,12H2,2H3,(H,18,19). The summed E-state index contributed by atoms with van der Waals surface area (Å²) < 4.78 is 0. The first kappa shape index (κ1) is 13.1. The number of hydrogen-bond donors (Lipinski definition) is 1. The number of allylic oxidation sites excluding steroid dienone is 1. The molecule has 0 aliphatic heterocycles. The summed E-state index contributed by atoms with van der Waals surface area (Å²) in [6, 6.07) is 17.4. The first-order valence-corrected chi connectivity index (χ1v) is 6.25. The normalized spacial score (nSPS) is 9.95. The first-order chi connectivity index (χ1) is 9.15. The lowest BCUT2D eigenvalue weighted by Crippen LogP contribution is -2.14. The Morgan fingerprint density at radius 2 is 1.68 bits per heavy atom. The zero-order valence-corrected chi connectivity index (χ0v) is 11.0. The van der Waals surface area contributed by atoms with Gasteiger partial charge in [0.05, 0.1) is 6.42 Å². The van der Waals surface area contributed by atoms with Gasteiger partial charge >= 0.3 is 0 Å². The third kappa shape index (κ3) is 3.81. The van der Waals surface area contributed by atoms with Crippen LogP contribution in [0, 0.1) is 0 Å². The van der Waals surface area contributed by atoms with Crippen LogP contribution in [-0.4, -0.2) is 5.91 Å². The summed E-state index contributed by atoms with van der Waals surface area (Å²) in [5, 5.41) is 2.87. The molecule has 0 atom stereocenters. The minimum absolute atomic E-state index is 0.00530. The number of carbonyl (C=O) groups is 1. The summed E-state index contributed by atoms with van der Waals surface area (Å²) in [6.07, 6.45) is 0.380. The summed E-state index contributed by atoms with van der Waals surface area (Å²) in [5.74, 6) is -0.00530. The van der Waals surface area contributed by atoms with Crippen molar-refractivity contribution in [3.8, 4) is 0 Å². The van der Waals surface area contributed by atoms with Gasteiger partial charge in [0.25, 0.3) is 0 Å². The van der Waals surface area contributed by atoms with Crippen molar-refractivity contribution in [2.24, 2.45) is 0 Å². The van der Waals surface area contributed by atoms with Crippen LogP contribution in [0.15, 0.2) is 61.2 Å². The van der Waals surface area contributed by atoms with E-state index in [2.05, 4.69) is 11.9 Å². The quantitative estimate of drug-likeness (QED) is 0.877. The molecule has 0 radical (unpaired) electrons. The van der Waals surface area contributed by atoms with Gasteiger partial charge in [-0.25, -0.2) is 0 Å². The molecular weight excluding hydrogens is 234 g/mol. The highest BCUT2D eigenvalue weighted by molar-refractivity contribution is 5.92. The van der Waals surface area contributed by atoms with Crippen LogP contribution in [0.4, 0.5) is 5.69 Å². The fourth-order valence-electron chi connectivity index (χ4n) is 1.82. The molecule has 2 nitrogen and oxygen atoms in total. The third-order valence-electron chi connectivity index (χ3n) is 2.87. The molecule has 2 aromatic rings. The highest BCUT2D eigenvalue weighted by Gasteiger charge is 2.04. The second-order valence-corrected chi connectivity index (χ2v) is 4.57. The monoisotopic (exact) mass is 251 g/mol. The van der Waals surface area contributed by atoms with Gasteiger partial charge in [0.1, 0.15) is 0 Å². The largest absolute Gasteiger partial charge is 0.326 e. The number of amides is 1. The summed E-state index contributed by atoms with van der Waals surface area (Å²) in [4.78, 5) is 11.9. The molecule has 0 saturated carbocycles. The summed E-state index contributed by atoms with van der Waals surface area (Å²) in [6.45, 7) is 5.86. The molecule has 0 saturated heterocycles. The van der Waals surface area contributed by atoms with E-state index in [1.54, 1.807) is 0 Å². The Morgan fingerprint density at radius 1 is 1.05 bits per heavy atom. The lowest BCUT2D eigenvalue weighted by Gasteiger charge is -2.06. The lowest BCUT2D eigenvalue weighted by molar-refractivity contribution is -0.115. The van der Waals surface area contributed by atoms with Crippen molar-refractivity contribution < 1.29 is 4.79 Å². The Labute approximate surface area is 113 Å². The maximum atomic E-state index is 11.9. The number of hydrogen-bond acceptors (Lipinski definition) is 1. The molecule has 1 N–H and O–H groups in total. The van der Waals surface area contributed by atoms with Crippen molar-refractivity contribution in [1.29, 1.82) is 0 Å². The molecule has 0 fully saturated rings. The molecular formula is C17H17NO. The number of rotatable bonds is 4. The fraction of sp³-hybridized carbons (Fsp3) is 0.118. The molecule has 2 aromatic carbocycles. The van der Waals surface area contributed by atoms with E-state index in [0.717, 1.165) is 22.4 Å². The summed E-state index contributed by atoms with van der Waals surface area (Å²) in [5.41, 5.74) is 3.96. The second-order valence-electron chi connectivity index (χ2n) is 4.57. The average Bonchev–Trinajstić information content (AvgIpc) is 2.40. The molecule has 0 aliphatic carbocycles. The zero-order valence-electron chi connectivity index (χ0n) is 11.0. The predicted molar refractivity (Wildman–Crippen MR) is 79.9 cm³/mol. The summed E-state index contributed by atoms with van der Waals surface area (Å²) >= 11 is 0. The van der Waals surface area contributed by atoms with Gasteiger partial charge < -0.3 is 5.32 Å². The van der Waals surface area contributed by atoms with Crippen LogP contribution >= 0.6 is 0 Å². The van der Waals surface area contributed by atoms with Gasteiger partial charge in [0, 0.05) is 5.69 Å². The predicted octanol–water partition coefficient (Wildman–Crippen LogP) is 3.90. The number of para-hydroxylation sites is 1. The van der Waals surface area contributed by atoms with E-state index in [-0.39, 0.29) is 5.91 Å². The summed E-state index contributed by atoms with van der Waals surface area (Å²) in [7, 11) is 0. The molecule has 96 valence electrons. The Hall–Kier alpha value is -2.35. The lowest BCUT2D eigenvalue weighted by atomic mass is 10.0. The van der Waals surface area contributed by atoms with Gasteiger partial charge in [-0.2, -0.15) is 0 Å². The number of carbonyl (C=O) groups excluding carboxylic acids is 1. The van der Waals surface area contributed by atoms with Gasteiger partial charge in [-0.15, -0.1) is 0 Å². The molecule has 0 aliphatic rings. The molecule has 0 heterocycles. The van der Waals surface area contributed by atoms with Crippen LogP contribution in [0.5, 0.6) is 0 Å². The van der Waals surface area contributed by atoms with Crippen LogP contribution < -0.4 is 5.32 Å². The Kier molecular flexibility index (Phi) is 4.14. The van der Waals surface area contributed by atoms with E-state index in [4.69, 9.17) is 0 Å². The minimum Gasteiger partial charge on any atom is -0.326 e. The van der Waals surface area contributed by atoms with E-state index in [1.807, 2.05) is 61.5 Å². The molecule has 0 spiro atoms. The smallest absolute Gasteiger partial charge is 0.228 e. The molecule has 0 aromatic heterocycles. The fourth-order valence-corrected chi connectivity index (χ4v) is 1.82. The average molecular weight is 251 g/mol. The Morgan fingerprint density at radius 3 is 2.26 bits per heavy atom. The number of nitrogens with one attached hydrogen (secondary N) is 1. The third-order valence-corrected chi connectivity index (χ3v) is 2.87. The van der Waals surface area contributed by atoms with E-state index in [0.29, 0.717) is 6.42 Å². The van der Waals surface area contributed by atoms with Gasteiger partial charge in [0.15, 0.2) is 0 Å². The van der Waals surface area contributed by atoms with E-state index >= 15 is 0 Å². The van der Waals surface area contributed by atoms with E-state index < -0.39 is 0 Å². The number of anilines is 1. The number of benzene rings is 2. The maximum absolute atomic E-state index is 11.9. The van der Waals surface area contributed by atoms with Crippen molar-refractivity contribution in [3.05, 3.63) is 72.3 Å². The van der Waals surface area contributed by atoms with E-state index in [9.17, 15) is 4.79 Å². The van der Waals surface area contributed by atoms with Crippen LogP contribution in [-0.2, 0) is 11.2 Å². The van der Waals surface area contributed by atoms with Crippen molar-refractivity contribution in [2.75, 3.05) is 5.32 Å². The SMILES string of the molecule is C=C(C)c1ccc(CC(=O)Nc2ccccc2)cc1. The van der Waals surface area contributed by atoms with Crippen molar-refractivity contribution in [2.45, 2.75) is 13.3 Å². The van der Waals surface area contributed by atoms with E-state index in [1.165, 1.54) is 0 Å². The maximum Gasteiger partial charge on any atom is 0.228 e. The van der Waals surface area contributed by atoms with Crippen LogP contribution in [0.2, 0.25) is 0 Å². The van der Waals surface area contributed by atoms with Crippen molar-refractivity contribution in [3.63, 3.8) is 0 Å². The van der Waals surface area contributed by atoms with Gasteiger partial charge in [-0.1, -0.05) is 54.6 Å². The second kappa shape index (κ2) is 6.01. The van der Waals surface area contributed by atoms with Crippen LogP contribution in [0.1, 0.15) is 18.1 Å². The zero-order chi connectivity index (χ0) is 13.7. The minimum atomic E-state index is -0.00530. The molecule has 2 rings (SSSR count). The van der Waals surface area contributed by atoms with Crippen molar-refractivity contribution >= 4 is 17.2 Å². The Bertz CT molecular complexity index is 570. The highest BCUT2D eigenvalue weighted by Crippen LogP contribution is 2.13. The Balaban J connectivity index is 1.97. The highest BCUT2D eigenvalue weighted by atomic mass is 16.1. The van der Waals surface area contributed by atoms with Crippen LogP contribution in [0.3, 0.4) is 0 Å². The van der Waals surface area contributed by atoms with Gasteiger partial charge in [-0.05, 0) is 30.2 Å².